The third-order valence-corrected chi connectivity index (χ3v) is 3.08. The fourth-order valence-corrected chi connectivity index (χ4v) is 1.96. The molecule has 2 aromatic carbocycles. The number of ether oxygens (including phenoxy) is 2. The summed E-state index contributed by atoms with van der Waals surface area (Å²) >= 11 is 0. The summed E-state index contributed by atoms with van der Waals surface area (Å²) in [5.41, 5.74) is 2.24. The zero-order valence-electron chi connectivity index (χ0n) is 12.6. The molecule has 0 unspecified atom stereocenters. The summed E-state index contributed by atoms with van der Waals surface area (Å²) in [6.07, 6.45) is 2.92. The molecule has 0 aliphatic rings. The summed E-state index contributed by atoms with van der Waals surface area (Å²) < 4.78 is 11.0. The van der Waals surface area contributed by atoms with Crippen molar-refractivity contribution in [3.63, 3.8) is 0 Å². The number of rotatable bonds is 9. The van der Waals surface area contributed by atoms with Gasteiger partial charge in [0.05, 0.1) is 32.5 Å². The van der Waals surface area contributed by atoms with E-state index in [-0.39, 0.29) is 6.61 Å². The van der Waals surface area contributed by atoms with Crippen LogP contribution in [-0.4, -0.2) is 24.4 Å². The highest BCUT2D eigenvalue weighted by atomic mass is 16.5. The average Bonchev–Trinajstić information content (AvgIpc) is 2.56. The number of hydrogen-bond acceptors (Lipinski definition) is 3. The number of aliphatic hydroxyl groups is 1. The molecule has 0 spiro atoms. The van der Waals surface area contributed by atoms with Gasteiger partial charge >= 0.3 is 0 Å². The second-order valence-electron chi connectivity index (χ2n) is 5.00. The van der Waals surface area contributed by atoms with Crippen molar-refractivity contribution in [2.24, 2.45) is 0 Å². The van der Waals surface area contributed by atoms with Gasteiger partial charge in [-0.25, -0.2) is 0 Å². The van der Waals surface area contributed by atoms with Crippen LogP contribution >= 0.6 is 0 Å². The van der Waals surface area contributed by atoms with E-state index >= 15 is 0 Å². The molecule has 0 amide bonds. The van der Waals surface area contributed by atoms with Gasteiger partial charge in [0.15, 0.2) is 0 Å². The van der Waals surface area contributed by atoms with Gasteiger partial charge in [-0.2, -0.15) is 0 Å². The lowest BCUT2D eigenvalue weighted by molar-refractivity contribution is 0.0498. The topological polar surface area (TPSA) is 38.7 Å². The van der Waals surface area contributed by atoms with Gasteiger partial charge in [0, 0.05) is 0 Å². The van der Waals surface area contributed by atoms with Gasteiger partial charge in [-0.05, 0) is 11.1 Å². The predicted molar refractivity (Wildman–Crippen MR) is 87.3 cm³/mol. The van der Waals surface area contributed by atoms with Crippen LogP contribution in [0.1, 0.15) is 11.1 Å². The lowest BCUT2D eigenvalue weighted by atomic mass is 10.2. The monoisotopic (exact) mass is 298 g/mol. The van der Waals surface area contributed by atoms with E-state index in [1.165, 1.54) is 0 Å². The van der Waals surface area contributed by atoms with Crippen molar-refractivity contribution < 1.29 is 14.6 Å². The summed E-state index contributed by atoms with van der Waals surface area (Å²) in [6, 6.07) is 19.9. The average molecular weight is 298 g/mol. The molecule has 116 valence electrons. The first-order chi connectivity index (χ1) is 10.8. The Morgan fingerprint density at radius 3 is 1.95 bits per heavy atom. The Balaban J connectivity index is 1.55. The van der Waals surface area contributed by atoms with E-state index in [4.69, 9.17) is 9.47 Å². The first kappa shape index (κ1) is 16.4. The Labute approximate surface area is 131 Å². The van der Waals surface area contributed by atoms with Crippen LogP contribution in [0.15, 0.2) is 72.8 Å². The maximum Gasteiger partial charge on any atom is 0.0955 e. The second-order valence-corrected chi connectivity index (χ2v) is 5.00. The third kappa shape index (κ3) is 6.68. The molecule has 0 aliphatic heterocycles. The predicted octanol–water partition coefficient (Wildman–Crippen LogP) is 3.34. The molecule has 0 fully saturated rings. The number of aliphatic hydroxyl groups excluding tert-OH is 1. The highest BCUT2D eigenvalue weighted by Crippen LogP contribution is 2.02. The molecule has 1 atom stereocenters. The van der Waals surface area contributed by atoms with Crippen LogP contribution in [-0.2, 0) is 22.7 Å². The molecule has 1 N–H and O–H groups in total. The molecule has 2 rings (SSSR count). The van der Waals surface area contributed by atoms with Crippen molar-refractivity contribution in [3.8, 4) is 0 Å². The molecule has 0 bridgehead atoms. The van der Waals surface area contributed by atoms with E-state index in [0.29, 0.717) is 19.8 Å². The smallest absolute Gasteiger partial charge is 0.0955 e. The third-order valence-electron chi connectivity index (χ3n) is 3.08. The quantitative estimate of drug-likeness (QED) is 0.570. The zero-order chi connectivity index (χ0) is 15.5. The molecule has 2 aromatic rings. The summed E-state index contributed by atoms with van der Waals surface area (Å²) in [5, 5.41) is 9.78. The molecule has 0 aromatic heterocycles. The Morgan fingerprint density at radius 1 is 0.818 bits per heavy atom. The highest BCUT2D eigenvalue weighted by molar-refractivity contribution is 5.14. The minimum absolute atomic E-state index is 0.282. The Bertz CT molecular complexity index is 537. The van der Waals surface area contributed by atoms with Crippen LogP contribution < -0.4 is 0 Å². The van der Waals surface area contributed by atoms with E-state index in [1.54, 1.807) is 6.08 Å². The van der Waals surface area contributed by atoms with E-state index in [0.717, 1.165) is 11.1 Å². The minimum atomic E-state index is -0.607. The Kier molecular flexibility index (Phi) is 7.39. The van der Waals surface area contributed by atoms with Crippen molar-refractivity contribution in [2.45, 2.75) is 19.3 Å². The van der Waals surface area contributed by atoms with E-state index in [2.05, 4.69) is 0 Å². The van der Waals surface area contributed by atoms with Crippen molar-refractivity contribution in [1.29, 1.82) is 0 Å². The molecular weight excluding hydrogens is 276 g/mol. The first-order valence-corrected chi connectivity index (χ1v) is 7.42. The van der Waals surface area contributed by atoms with Crippen molar-refractivity contribution in [3.05, 3.63) is 83.9 Å². The van der Waals surface area contributed by atoms with E-state index in [9.17, 15) is 5.11 Å². The van der Waals surface area contributed by atoms with Crippen LogP contribution in [0.4, 0.5) is 0 Å². The van der Waals surface area contributed by atoms with Gasteiger partial charge in [0.25, 0.3) is 0 Å². The zero-order valence-corrected chi connectivity index (χ0v) is 12.6. The maximum absolute atomic E-state index is 9.78. The van der Waals surface area contributed by atoms with Gasteiger partial charge in [0.1, 0.15) is 0 Å². The summed E-state index contributed by atoms with van der Waals surface area (Å²) in [4.78, 5) is 0. The molecule has 0 saturated heterocycles. The fourth-order valence-electron chi connectivity index (χ4n) is 1.96. The normalized spacial score (nSPS) is 12.6. The molecule has 22 heavy (non-hydrogen) atoms. The molecule has 0 heterocycles. The van der Waals surface area contributed by atoms with Crippen LogP contribution in [0.25, 0.3) is 0 Å². The summed E-state index contributed by atoms with van der Waals surface area (Å²) in [7, 11) is 0. The van der Waals surface area contributed by atoms with Crippen LogP contribution in [0.5, 0.6) is 0 Å². The van der Waals surface area contributed by atoms with E-state index in [1.807, 2.05) is 66.7 Å². The van der Waals surface area contributed by atoms with Gasteiger partial charge in [-0.3, -0.25) is 0 Å². The standard InChI is InChI=1S/C19H22O3/c20-19(16-22-15-18-10-5-2-6-11-18)12-7-13-21-14-17-8-3-1-4-9-17/h1-12,19-20H,13-16H2/b12-7+/t19-/m0/s1. The molecule has 0 saturated carbocycles. The Hall–Kier alpha value is -1.94. The lowest BCUT2D eigenvalue weighted by Crippen LogP contribution is -2.12. The molecule has 3 nitrogen and oxygen atoms in total. The molecule has 0 aliphatic carbocycles. The van der Waals surface area contributed by atoms with Crippen LogP contribution in [0, 0.1) is 0 Å². The largest absolute Gasteiger partial charge is 0.387 e. The van der Waals surface area contributed by atoms with Crippen molar-refractivity contribution >= 4 is 0 Å². The first-order valence-electron chi connectivity index (χ1n) is 7.42. The van der Waals surface area contributed by atoms with Gasteiger partial charge in [-0.15, -0.1) is 0 Å². The SMILES string of the molecule is O[C@@H](/C=C/COCc1ccccc1)COCc1ccccc1. The second kappa shape index (κ2) is 9.90. The highest BCUT2D eigenvalue weighted by Gasteiger charge is 1.99. The van der Waals surface area contributed by atoms with Gasteiger partial charge in [-0.1, -0.05) is 72.8 Å². The van der Waals surface area contributed by atoms with Crippen LogP contribution in [0.3, 0.4) is 0 Å². The summed E-state index contributed by atoms with van der Waals surface area (Å²) in [6.45, 7) is 1.84. The number of hydrogen-bond donors (Lipinski definition) is 1. The van der Waals surface area contributed by atoms with Crippen molar-refractivity contribution in [2.75, 3.05) is 13.2 Å². The van der Waals surface area contributed by atoms with Crippen LogP contribution in [0.2, 0.25) is 0 Å². The van der Waals surface area contributed by atoms with Gasteiger partial charge < -0.3 is 14.6 Å². The fraction of sp³-hybridized carbons (Fsp3) is 0.263. The number of benzene rings is 2. The lowest BCUT2D eigenvalue weighted by Gasteiger charge is -2.07. The maximum atomic E-state index is 9.78. The Morgan fingerprint density at radius 2 is 1.36 bits per heavy atom. The molecule has 0 radical (unpaired) electrons. The molecular formula is C19H22O3. The molecule has 3 heteroatoms. The van der Waals surface area contributed by atoms with Gasteiger partial charge in [0.2, 0.25) is 0 Å². The van der Waals surface area contributed by atoms with Crippen molar-refractivity contribution in [1.82, 2.24) is 0 Å². The summed E-state index contributed by atoms with van der Waals surface area (Å²) in [5.74, 6) is 0. The van der Waals surface area contributed by atoms with E-state index < -0.39 is 6.10 Å². The minimum Gasteiger partial charge on any atom is -0.387 e.